The van der Waals surface area contributed by atoms with Gasteiger partial charge < -0.3 is 18.8 Å². The third-order valence-corrected chi connectivity index (χ3v) is 7.43. The minimum atomic E-state index is -0.160. The molecule has 2 aliphatic rings. The summed E-state index contributed by atoms with van der Waals surface area (Å²) in [6, 6.07) is 15.9. The Morgan fingerprint density at radius 1 is 1.08 bits per heavy atom. The van der Waals surface area contributed by atoms with Crippen molar-refractivity contribution in [3.05, 3.63) is 93.6 Å². The highest BCUT2D eigenvalue weighted by atomic mass is 16.5. The molecule has 7 heteroatoms. The number of phenolic OH excluding ortho intramolecular Hbond substituents is 1. The molecule has 2 aromatic heterocycles. The predicted octanol–water partition coefficient (Wildman–Crippen LogP) is 4.55. The number of carbonyl (C=O) groups excluding carboxylic acids is 1. The number of furan rings is 1. The van der Waals surface area contributed by atoms with E-state index in [0.29, 0.717) is 59.0 Å². The third kappa shape index (κ3) is 3.89. The maximum Gasteiger partial charge on any atom is 0.250 e. The highest BCUT2D eigenvalue weighted by Crippen LogP contribution is 2.38. The van der Waals surface area contributed by atoms with Gasteiger partial charge in [-0.2, -0.15) is 0 Å². The van der Waals surface area contributed by atoms with Gasteiger partial charge in [-0.3, -0.25) is 14.5 Å². The molecule has 36 heavy (non-hydrogen) atoms. The van der Waals surface area contributed by atoms with Crippen LogP contribution in [0.15, 0.2) is 70.1 Å². The Kier molecular flexibility index (Phi) is 5.64. The van der Waals surface area contributed by atoms with Crippen molar-refractivity contribution in [2.75, 3.05) is 19.7 Å². The van der Waals surface area contributed by atoms with Crippen LogP contribution in [0.4, 0.5) is 0 Å². The van der Waals surface area contributed by atoms with Gasteiger partial charge in [0.05, 0.1) is 12.2 Å². The summed E-state index contributed by atoms with van der Waals surface area (Å²) < 4.78 is 13.2. The van der Waals surface area contributed by atoms with Crippen LogP contribution < -0.4 is 10.3 Å². The van der Waals surface area contributed by atoms with E-state index in [0.717, 1.165) is 25.2 Å². The van der Waals surface area contributed by atoms with Crippen molar-refractivity contribution in [1.82, 2.24) is 9.47 Å². The molecule has 2 aromatic carbocycles. The number of rotatable bonds is 6. The average molecular weight is 485 g/mol. The minimum absolute atomic E-state index is 0.0638. The second-order valence-electron chi connectivity index (χ2n) is 9.76. The first-order valence-electron chi connectivity index (χ1n) is 12.4. The van der Waals surface area contributed by atoms with Gasteiger partial charge in [-0.25, -0.2) is 0 Å². The van der Waals surface area contributed by atoms with Crippen molar-refractivity contribution < 1.29 is 19.1 Å². The number of benzene rings is 2. The fourth-order valence-corrected chi connectivity index (χ4v) is 5.89. The van der Waals surface area contributed by atoms with Crippen molar-refractivity contribution in [3.63, 3.8) is 0 Å². The number of nitrogens with zero attached hydrogens (tertiary/aromatic N) is 2. The number of fused-ring (bicyclic) bond motifs is 5. The summed E-state index contributed by atoms with van der Waals surface area (Å²) in [4.78, 5) is 28.1. The van der Waals surface area contributed by atoms with Gasteiger partial charge >= 0.3 is 0 Å². The number of hydrogen-bond donors (Lipinski definition) is 1. The number of aromatic nitrogens is 1. The van der Waals surface area contributed by atoms with Gasteiger partial charge in [0.25, 0.3) is 5.56 Å². The molecule has 184 valence electrons. The molecule has 1 fully saturated rings. The lowest BCUT2D eigenvalue weighted by Gasteiger charge is -2.42. The summed E-state index contributed by atoms with van der Waals surface area (Å²) in [6.45, 7) is 5.30. The van der Waals surface area contributed by atoms with Crippen LogP contribution in [0, 0.1) is 5.92 Å². The molecule has 1 N–H and O–H groups in total. The van der Waals surface area contributed by atoms with Crippen LogP contribution in [-0.2, 0) is 13.1 Å². The van der Waals surface area contributed by atoms with Crippen LogP contribution in [0.2, 0.25) is 0 Å². The Hall–Kier alpha value is -3.84. The summed E-state index contributed by atoms with van der Waals surface area (Å²) in [5.41, 5.74) is 3.39. The number of carbonyl (C=O) groups is 1. The lowest BCUT2D eigenvalue weighted by molar-refractivity contribution is 0.103. The molecule has 0 radical (unpaired) electrons. The van der Waals surface area contributed by atoms with Crippen LogP contribution in [0.1, 0.15) is 46.4 Å². The molecule has 4 aromatic rings. The third-order valence-electron chi connectivity index (χ3n) is 7.43. The molecule has 0 amide bonds. The van der Waals surface area contributed by atoms with Crippen molar-refractivity contribution in [2.45, 2.75) is 32.4 Å². The molecule has 2 aliphatic heterocycles. The zero-order valence-electron chi connectivity index (χ0n) is 20.1. The predicted molar refractivity (Wildman–Crippen MR) is 136 cm³/mol. The van der Waals surface area contributed by atoms with E-state index in [9.17, 15) is 14.7 Å². The van der Waals surface area contributed by atoms with E-state index in [2.05, 4.69) is 4.90 Å². The lowest BCUT2D eigenvalue weighted by Crippen LogP contribution is -2.46. The maximum atomic E-state index is 13.4. The van der Waals surface area contributed by atoms with Crippen molar-refractivity contribution in [2.24, 2.45) is 5.92 Å². The SMILES string of the molecule is CCOc1ccc(C(=O)c2coc3ccc(O)c(CN4C[C@H]5C[C@@H](C4)c4cccc(=O)n4C5)c23)cc1. The van der Waals surface area contributed by atoms with E-state index >= 15 is 0 Å². The largest absolute Gasteiger partial charge is 0.508 e. The molecule has 0 spiro atoms. The van der Waals surface area contributed by atoms with Gasteiger partial charge in [-0.15, -0.1) is 0 Å². The van der Waals surface area contributed by atoms with Crippen molar-refractivity contribution in [3.8, 4) is 11.5 Å². The molecule has 6 rings (SSSR count). The van der Waals surface area contributed by atoms with Crippen molar-refractivity contribution >= 4 is 16.8 Å². The highest BCUT2D eigenvalue weighted by Gasteiger charge is 2.35. The van der Waals surface area contributed by atoms with E-state index in [4.69, 9.17) is 9.15 Å². The van der Waals surface area contributed by atoms with E-state index in [1.165, 1.54) is 6.26 Å². The first-order valence-corrected chi connectivity index (χ1v) is 12.4. The van der Waals surface area contributed by atoms with E-state index in [1.54, 1.807) is 42.5 Å². The summed E-state index contributed by atoms with van der Waals surface area (Å²) in [5, 5.41) is 11.5. The Bertz CT molecular complexity index is 1500. The highest BCUT2D eigenvalue weighted by molar-refractivity contribution is 6.16. The summed E-state index contributed by atoms with van der Waals surface area (Å²) in [6.07, 6.45) is 2.54. The molecule has 2 atom stereocenters. The van der Waals surface area contributed by atoms with Gasteiger partial charge in [-0.1, -0.05) is 6.07 Å². The molecule has 2 bridgehead atoms. The number of aromatic hydroxyl groups is 1. The van der Waals surface area contributed by atoms with Crippen LogP contribution in [-0.4, -0.2) is 40.1 Å². The Balaban J connectivity index is 1.32. The zero-order chi connectivity index (χ0) is 24.8. The molecule has 1 saturated heterocycles. The first kappa shape index (κ1) is 22.6. The summed E-state index contributed by atoms with van der Waals surface area (Å²) in [7, 11) is 0. The molecule has 0 saturated carbocycles. The van der Waals surface area contributed by atoms with Gasteiger partial charge in [0.1, 0.15) is 23.3 Å². The maximum absolute atomic E-state index is 13.4. The number of likely N-dealkylation sites (tertiary alicyclic amines) is 1. The first-order chi connectivity index (χ1) is 17.5. The average Bonchev–Trinajstić information content (AvgIpc) is 3.31. The molecule has 4 heterocycles. The fourth-order valence-electron chi connectivity index (χ4n) is 5.89. The normalized spacial score (nSPS) is 19.2. The number of phenols is 1. The topological polar surface area (TPSA) is 84.9 Å². The second-order valence-corrected chi connectivity index (χ2v) is 9.76. The molecular formula is C29H28N2O5. The molecular weight excluding hydrogens is 456 g/mol. The van der Waals surface area contributed by atoms with Gasteiger partial charge in [0, 0.05) is 60.4 Å². The van der Waals surface area contributed by atoms with Gasteiger partial charge in [0.15, 0.2) is 5.78 Å². The number of hydrogen-bond acceptors (Lipinski definition) is 6. The number of pyridine rings is 1. The van der Waals surface area contributed by atoms with E-state index in [-0.39, 0.29) is 23.0 Å². The molecule has 0 aliphatic carbocycles. The van der Waals surface area contributed by atoms with Crippen molar-refractivity contribution in [1.29, 1.82) is 0 Å². The Morgan fingerprint density at radius 3 is 2.72 bits per heavy atom. The summed E-state index contributed by atoms with van der Waals surface area (Å²) in [5.74, 6) is 1.34. The monoisotopic (exact) mass is 484 g/mol. The molecule has 0 unspecified atom stereocenters. The smallest absolute Gasteiger partial charge is 0.250 e. The Morgan fingerprint density at radius 2 is 1.92 bits per heavy atom. The van der Waals surface area contributed by atoms with Gasteiger partial charge in [-0.05, 0) is 61.7 Å². The van der Waals surface area contributed by atoms with Crippen LogP contribution in [0.25, 0.3) is 11.0 Å². The van der Waals surface area contributed by atoms with E-state index in [1.807, 2.05) is 23.6 Å². The molecule has 7 nitrogen and oxygen atoms in total. The fraction of sp³-hybridized carbons (Fsp3) is 0.310. The van der Waals surface area contributed by atoms with Crippen LogP contribution in [0.5, 0.6) is 11.5 Å². The quantitative estimate of drug-likeness (QED) is 0.404. The number of ether oxygens (including phenoxy) is 1. The zero-order valence-corrected chi connectivity index (χ0v) is 20.1. The lowest BCUT2D eigenvalue weighted by atomic mass is 9.83. The number of piperidine rings is 1. The summed E-state index contributed by atoms with van der Waals surface area (Å²) >= 11 is 0. The standard InChI is InChI=1S/C29H28N2O5/c1-2-35-21-8-6-19(7-9-21)29(34)23-17-36-26-11-10-25(32)22(28(23)26)16-30-13-18-12-20(15-30)24-4-3-5-27(33)31(24)14-18/h3-11,17-18,20,32H,2,12-16H2,1H3/t18-,20+/m1/s1. The van der Waals surface area contributed by atoms with Crippen LogP contribution in [0.3, 0.4) is 0 Å². The van der Waals surface area contributed by atoms with Gasteiger partial charge in [0.2, 0.25) is 0 Å². The van der Waals surface area contributed by atoms with Crippen LogP contribution >= 0.6 is 0 Å². The second kappa shape index (κ2) is 8.99. The number of ketones is 1. The Labute approximate surface area is 208 Å². The van der Waals surface area contributed by atoms with E-state index < -0.39 is 0 Å². The minimum Gasteiger partial charge on any atom is -0.508 e.